The van der Waals surface area contributed by atoms with Crippen LogP contribution in [0.1, 0.15) is 42.1 Å². The smallest absolute Gasteiger partial charge is 0.307 e. The van der Waals surface area contributed by atoms with E-state index in [0.717, 1.165) is 72.9 Å². The molecule has 1 aliphatic heterocycles. The Bertz CT molecular complexity index is 1700. The Labute approximate surface area is 215 Å². The standard InChI is InChI=1S/C31H27N3O3/c1-17(2)30-25(15-32-16-34-30)20-4-5-22-21(13-20)12-18(3)24(14-27(35)36)29(22)23-6-7-26-28-19(9-11-37-26)8-10-33-31(23)28/h4-8,10,12-13,15-17H,9,11,14H2,1-3H3,(H,35,36). The van der Waals surface area contributed by atoms with Crippen LogP contribution in [-0.2, 0) is 17.6 Å². The van der Waals surface area contributed by atoms with Crippen LogP contribution >= 0.6 is 0 Å². The van der Waals surface area contributed by atoms with E-state index in [1.54, 1.807) is 6.33 Å². The average Bonchev–Trinajstić information content (AvgIpc) is 2.89. The molecular formula is C31H27N3O3. The van der Waals surface area contributed by atoms with Crippen molar-refractivity contribution < 1.29 is 14.6 Å². The molecule has 0 unspecified atom stereocenters. The summed E-state index contributed by atoms with van der Waals surface area (Å²) in [6.45, 7) is 6.89. The number of carbonyl (C=O) groups is 1. The molecule has 0 bridgehead atoms. The van der Waals surface area contributed by atoms with Gasteiger partial charge in [-0.15, -0.1) is 0 Å². The lowest BCUT2D eigenvalue weighted by Gasteiger charge is -2.22. The zero-order valence-electron chi connectivity index (χ0n) is 21.1. The summed E-state index contributed by atoms with van der Waals surface area (Å²) >= 11 is 0. The van der Waals surface area contributed by atoms with Crippen LogP contribution < -0.4 is 4.74 Å². The fraction of sp³-hybridized carbons (Fsp3) is 0.226. The van der Waals surface area contributed by atoms with E-state index in [1.165, 1.54) is 5.56 Å². The third kappa shape index (κ3) is 3.89. The summed E-state index contributed by atoms with van der Waals surface area (Å²) in [6.07, 6.45) is 6.06. The minimum atomic E-state index is -0.859. The number of aliphatic carboxylic acids is 1. The number of carboxylic acid groups (broad SMARTS) is 1. The fourth-order valence-electron chi connectivity index (χ4n) is 5.57. The number of hydrogen-bond acceptors (Lipinski definition) is 5. The van der Waals surface area contributed by atoms with Crippen LogP contribution in [0.5, 0.6) is 5.75 Å². The van der Waals surface area contributed by atoms with Crippen molar-refractivity contribution in [2.45, 2.75) is 39.5 Å². The summed E-state index contributed by atoms with van der Waals surface area (Å²) in [5.74, 6) is 0.231. The van der Waals surface area contributed by atoms with Gasteiger partial charge in [-0.05, 0) is 75.7 Å². The van der Waals surface area contributed by atoms with E-state index in [2.05, 4.69) is 48.1 Å². The van der Waals surface area contributed by atoms with Gasteiger partial charge < -0.3 is 9.84 Å². The molecule has 1 N–H and O–H groups in total. The molecule has 0 saturated heterocycles. The van der Waals surface area contributed by atoms with Crippen molar-refractivity contribution in [3.63, 3.8) is 0 Å². The molecule has 0 aliphatic carbocycles. The van der Waals surface area contributed by atoms with Crippen molar-refractivity contribution in [2.75, 3.05) is 6.61 Å². The summed E-state index contributed by atoms with van der Waals surface area (Å²) in [5, 5.41) is 12.9. The molecule has 0 amide bonds. The number of carboxylic acids is 1. The average molecular weight is 490 g/mol. The second-order valence-corrected chi connectivity index (χ2v) is 9.93. The highest BCUT2D eigenvalue weighted by atomic mass is 16.5. The molecule has 37 heavy (non-hydrogen) atoms. The first-order valence-corrected chi connectivity index (χ1v) is 12.5. The summed E-state index contributed by atoms with van der Waals surface area (Å²) in [4.78, 5) is 25.5. The Balaban J connectivity index is 1.66. The van der Waals surface area contributed by atoms with Crippen molar-refractivity contribution in [1.29, 1.82) is 0 Å². The topological polar surface area (TPSA) is 85.2 Å². The van der Waals surface area contributed by atoms with E-state index in [-0.39, 0.29) is 12.3 Å². The first kappa shape index (κ1) is 23.1. The van der Waals surface area contributed by atoms with Gasteiger partial charge in [0.1, 0.15) is 12.1 Å². The number of aryl methyl sites for hydroxylation is 1. The lowest BCUT2D eigenvalue weighted by atomic mass is 9.85. The Morgan fingerprint density at radius 1 is 1.08 bits per heavy atom. The van der Waals surface area contributed by atoms with E-state index in [0.29, 0.717) is 6.61 Å². The highest BCUT2D eigenvalue weighted by Crippen LogP contribution is 2.43. The lowest BCUT2D eigenvalue weighted by Crippen LogP contribution is -2.10. The Hall–Kier alpha value is -4.32. The van der Waals surface area contributed by atoms with Gasteiger partial charge in [0.25, 0.3) is 0 Å². The van der Waals surface area contributed by atoms with E-state index in [1.807, 2.05) is 37.5 Å². The molecule has 6 rings (SSSR count). The predicted octanol–water partition coefficient (Wildman–Crippen LogP) is 6.51. The predicted molar refractivity (Wildman–Crippen MR) is 145 cm³/mol. The van der Waals surface area contributed by atoms with Crippen LogP contribution in [-0.4, -0.2) is 32.6 Å². The molecule has 3 aromatic carbocycles. The third-order valence-corrected chi connectivity index (χ3v) is 7.24. The van der Waals surface area contributed by atoms with Gasteiger partial charge in [0.2, 0.25) is 0 Å². The Kier molecular flexibility index (Phi) is 5.60. The SMILES string of the molecule is Cc1cc2cc(-c3cncnc3C(C)C)ccc2c(-c2ccc3c4c(ccnc24)CCO3)c1CC(=O)O. The molecular weight excluding hydrogens is 462 g/mol. The number of benzene rings is 3. The molecule has 3 heterocycles. The van der Waals surface area contributed by atoms with Crippen LogP contribution in [0.15, 0.2) is 61.2 Å². The van der Waals surface area contributed by atoms with Crippen molar-refractivity contribution >= 4 is 27.6 Å². The van der Waals surface area contributed by atoms with E-state index < -0.39 is 5.97 Å². The minimum Gasteiger partial charge on any atom is -0.493 e. The number of ether oxygens (including phenoxy) is 1. The van der Waals surface area contributed by atoms with Gasteiger partial charge in [0.05, 0.1) is 24.2 Å². The first-order valence-electron chi connectivity index (χ1n) is 12.5. The summed E-state index contributed by atoms with van der Waals surface area (Å²) in [7, 11) is 0. The van der Waals surface area contributed by atoms with Gasteiger partial charge >= 0.3 is 5.97 Å². The molecule has 6 heteroatoms. The second-order valence-electron chi connectivity index (χ2n) is 9.93. The Morgan fingerprint density at radius 3 is 2.76 bits per heavy atom. The van der Waals surface area contributed by atoms with Gasteiger partial charge in [0, 0.05) is 35.3 Å². The quantitative estimate of drug-likeness (QED) is 0.303. The van der Waals surface area contributed by atoms with Crippen LogP contribution in [0.4, 0.5) is 0 Å². The van der Waals surface area contributed by atoms with Crippen LogP contribution in [0.3, 0.4) is 0 Å². The number of hydrogen-bond donors (Lipinski definition) is 1. The molecule has 0 spiro atoms. The lowest BCUT2D eigenvalue weighted by molar-refractivity contribution is -0.136. The molecule has 2 aromatic heterocycles. The maximum absolute atomic E-state index is 12.0. The van der Waals surface area contributed by atoms with Gasteiger partial charge in [-0.3, -0.25) is 9.78 Å². The largest absolute Gasteiger partial charge is 0.493 e. The molecule has 6 nitrogen and oxygen atoms in total. The van der Waals surface area contributed by atoms with Gasteiger partial charge in [0.15, 0.2) is 0 Å². The van der Waals surface area contributed by atoms with Crippen LogP contribution in [0.25, 0.3) is 43.9 Å². The van der Waals surface area contributed by atoms with Gasteiger partial charge in [-0.25, -0.2) is 9.97 Å². The molecule has 184 valence electrons. The number of fused-ring (bicyclic) bond motifs is 1. The zero-order valence-corrected chi connectivity index (χ0v) is 21.1. The summed E-state index contributed by atoms with van der Waals surface area (Å²) in [6, 6.07) is 14.5. The van der Waals surface area contributed by atoms with Gasteiger partial charge in [-0.1, -0.05) is 32.0 Å². The van der Waals surface area contributed by atoms with Crippen molar-refractivity contribution in [3.8, 4) is 28.0 Å². The number of nitrogens with zero attached hydrogens (tertiary/aromatic N) is 3. The third-order valence-electron chi connectivity index (χ3n) is 7.24. The first-order chi connectivity index (χ1) is 17.9. The maximum Gasteiger partial charge on any atom is 0.307 e. The van der Waals surface area contributed by atoms with Gasteiger partial charge in [-0.2, -0.15) is 0 Å². The molecule has 0 radical (unpaired) electrons. The molecule has 5 aromatic rings. The molecule has 0 saturated carbocycles. The van der Waals surface area contributed by atoms with E-state index in [4.69, 9.17) is 9.72 Å². The van der Waals surface area contributed by atoms with Crippen LogP contribution in [0, 0.1) is 6.92 Å². The van der Waals surface area contributed by atoms with E-state index >= 15 is 0 Å². The monoisotopic (exact) mass is 489 g/mol. The Morgan fingerprint density at radius 2 is 1.95 bits per heavy atom. The molecule has 0 atom stereocenters. The maximum atomic E-state index is 12.0. The number of pyridine rings is 1. The zero-order chi connectivity index (χ0) is 25.7. The summed E-state index contributed by atoms with van der Waals surface area (Å²) in [5.41, 5.74) is 8.68. The number of rotatable bonds is 5. The fourth-order valence-corrected chi connectivity index (χ4v) is 5.57. The molecule has 1 aliphatic rings. The normalized spacial score (nSPS) is 12.8. The van der Waals surface area contributed by atoms with E-state index in [9.17, 15) is 9.90 Å². The molecule has 0 fully saturated rings. The minimum absolute atomic E-state index is 0.0671. The second kappa shape index (κ2) is 8.96. The van der Waals surface area contributed by atoms with Crippen molar-refractivity contribution in [1.82, 2.24) is 15.0 Å². The summed E-state index contributed by atoms with van der Waals surface area (Å²) < 4.78 is 5.94. The van der Waals surface area contributed by atoms with Crippen molar-refractivity contribution in [3.05, 3.63) is 83.6 Å². The van der Waals surface area contributed by atoms with Crippen molar-refractivity contribution in [2.24, 2.45) is 0 Å². The number of aromatic nitrogens is 3. The highest BCUT2D eigenvalue weighted by Gasteiger charge is 2.22. The highest BCUT2D eigenvalue weighted by molar-refractivity contribution is 6.09. The van der Waals surface area contributed by atoms with Crippen LogP contribution in [0.2, 0.25) is 0 Å².